The van der Waals surface area contributed by atoms with Crippen LogP contribution in [0.3, 0.4) is 0 Å². The number of hydrogen-bond donors (Lipinski definition) is 4. The Bertz CT molecular complexity index is 621. The van der Waals surface area contributed by atoms with E-state index in [2.05, 4.69) is 20.8 Å². The SMILES string of the molecule is NC(CCCCB(O)O)c1nnnn1CC(=O)NCc1cccs1. The Hall–Kier alpha value is -1.82. The summed E-state index contributed by atoms with van der Waals surface area (Å²) >= 11 is 1.58. The number of nitrogens with two attached hydrogens (primary N) is 1. The molecule has 1 amide bonds. The van der Waals surface area contributed by atoms with E-state index in [1.165, 1.54) is 4.68 Å². The van der Waals surface area contributed by atoms with Gasteiger partial charge < -0.3 is 21.1 Å². The van der Waals surface area contributed by atoms with E-state index in [0.29, 0.717) is 31.5 Å². The monoisotopic (exact) mass is 352 g/mol. The molecule has 1 unspecified atom stereocenters. The average Bonchev–Trinajstić information content (AvgIpc) is 3.20. The molecule has 1 atom stereocenters. The summed E-state index contributed by atoms with van der Waals surface area (Å²) in [6, 6.07) is 3.48. The van der Waals surface area contributed by atoms with Crippen molar-refractivity contribution in [2.24, 2.45) is 5.73 Å². The van der Waals surface area contributed by atoms with Crippen LogP contribution in [0.5, 0.6) is 0 Å². The lowest BCUT2D eigenvalue weighted by Crippen LogP contribution is -2.29. The van der Waals surface area contributed by atoms with Crippen molar-refractivity contribution in [1.29, 1.82) is 0 Å². The number of nitrogens with zero attached hydrogens (tertiary/aromatic N) is 4. The van der Waals surface area contributed by atoms with Gasteiger partial charge in [-0.3, -0.25) is 4.79 Å². The predicted octanol–water partition coefficient (Wildman–Crippen LogP) is -0.306. The maximum Gasteiger partial charge on any atom is 0.451 e. The van der Waals surface area contributed by atoms with Gasteiger partial charge in [-0.2, -0.15) is 0 Å². The number of rotatable bonds is 10. The van der Waals surface area contributed by atoms with Gasteiger partial charge in [-0.15, -0.1) is 16.4 Å². The number of hydrogen-bond acceptors (Lipinski definition) is 8. The van der Waals surface area contributed by atoms with Gasteiger partial charge in [-0.25, -0.2) is 4.68 Å². The van der Waals surface area contributed by atoms with Crippen LogP contribution in [0, 0.1) is 0 Å². The third kappa shape index (κ3) is 6.00. The lowest BCUT2D eigenvalue weighted by atomic mass is 9.83. The molecule has 0 saturated carbocycles. The molecule has 0 bridgehead atoms. The molecule has 130 valence electrons. The molecule has 5 N–H and O–H groups in total. The second kappa shape index (κ2) is 9.47. The van der Waals surface area contributed by atoms with Crippen LogP contribution < -0.4 is 11.1 Å². The van der Waals surface area contributed by atoms with Gasteiger partial charge in [0.25, 0.3) is 0 Å². The summed E-state index contributed by atoms with van der Waals surface area (Å²) < 4.78 is 1.40. The van der Waals surface area contributed by atoms with Gasteiger partial charge >= 0.3 is 7.12 Å². The Labute approximate surface area is 144 Å². The van der Waals surface area contributed by atoms with Crippen molar-refractivity contribution in [3.8, 4) is 0 Å². The second-order valence-electron chi connectivity index (χ2n) is 5.42. The maximum absolute atomic E-state index is 12.0. The van der Waals surface area contributed by atoms with Gasteiger partial charge in [0.15, 0.2) is 5.82 Å². The van der Waals surface area contributed by atoms with Crippen LogP contribution >= 0.6 is 11.3 Å². The molecule has 0 aliphatic carbocycles. The highest BCUT2D eigenvalue weighted by molar-refractivity contribution is 7.09. The molecule has 0 radical (unpaired) electrons. The van der Waals surface area contributed by atoms with E-state index >= 15 is 0 Å². The molecule has 24 heavy (non-hydrogen) atoms. The Balaban J connectivity index is 1.79. The van der Waals surface area contributed by atoms with Crippen molar-refractivity contribution in [3.63, 3.8) is 0 Å². The quantitative estimate of drug-likeness (QED) is 0.340. The maximum atomic E-state index is 12.0. The molecule has 0 fully saturated rings. The van der Waals surface area contributed by atoms with Crippen molar-refractivity contribution in [1.82, 2.24) is 25.5 Å². The van der Waals surface area contributed by atoms with Crippen LogP contribution in [0.2, 0.25) is 6.32 Å². The molecule has 0 aliphatic rings. The zero-order valence-corrected chi connectivity index (χ0v) is 14.0. The molecule has 0 spiro atoms. The molecule has 11 heteroatoms. The largest absolute Gasteiger partial charge is 0.451 e. The number of unbranched alkanes of at least 4 members (excludes halogenated alkanes) is 1. The topological polar surface area (TPSA) is 139 Å². The summed E-state index contributed by atoms with van der Waals surface area (Å²) in [7, 11) is -1.29. The van der Waals surface area contributed by atoms with Gasteiger partial charge in [-0.1, -0.05) is 18.9 Å². The summed E-state index contributed by atoms with van der Waals surface area (Å²) in [5, 5.41) is 33.7. The first-order valence-electron chi connectivity index (χ1n) is 7.73. The third-order valence-corrected chi connectivity index (χ3v) is 4.33. The Morgan fingerprint density at radius 2 is 2.29 bits per heavy atom. The standard InChI is InChI=1S/C13H21BN6O3S/c15-11(5-1-2-6-14(22)23)13-17-18-19-20(13)9-12(21)16-8-10-4-3-7-24-10/h3-4,7,11,22-23H,1-2,5-6,8-9,15H2,(H,16,21). The molecular weight excluding hydrogens is 331 g/mol. The summed E-state index contributed by atoms with van der Waals surface area (Å²) in [5.41, 5.74) is 6.07. The number of carbonyl (C=O) groups excluding carboxylic acids is 1. The normalized spacial score (nSPS) is 12.1. The minimum Gasteiger partial charge on any atom is -0.427 e. The van der Waals surface area contributed by atoms with E-state index in [0.717, 1.165) is 11.3 Å². The zero-order chi connectivity index (χ0) is 17.4. The molecular formula is C13H21BN6O3S. The van der Waals surface area contributed by atoms with Crippen LogP contribution in [0.1, 0.15) is 36.0 Å². The van der Waals surface area contributed by atoms with E-state index < -0.39 is 13.2 Å². The summed E-state index contributed by atoms with van der Waals surface area (Å²) in [6.45, 7) is 0.486. The highest BCUT2D eigenvalue weighted by atomic mass is 32.1. The molecule has 9 nitrogen and oxygen atoms in total. The number of amides is 1. The summed E-state index contributed by atoms with van der Waals surface area (Å²) in [5.74, 6) is 0.262. The van der Waals surface area contributed by atoms with Crippen LogP contribution in [-0.4, -0.2) is 43.3 Å². The molecule has 0 aromatic carbocycles. The van der Waals surface area contributed by atoms with E-state index in [9.17, 15) is 4.79 Å². The van der Waals surface area contributed by atoms with Crippen LogP contribution in [0.4, 0.5) is 0 Å². The average molecular weight is 352 g/mol. The number of aromatic nitrogens is 4. The lowest BCUT2D eigenvalue weighted by Gasteiger charge is -2.11. The fraction of sp³-hybridized carbons (Fsp3) is 0.538. The fourth-order valence-electron chi connectivity index (χ4n) is 2.20. The van der Waals surface area contributed by atoms with Crippen LogP contribution in [0.15, 0.2) is 17.5 Å². The lowest BCUT2D eigenvalue weighted by molar-refractivity contribution is -0.122. The number of nitrogens with one attached hydrogen (secondary N) is 1. The second-order valence-corrected chi connectivity index (χ2v) is 6.45. The van der Waals surface area contributed by atoms with Crippen LogP contribution in [-0.2, 0) is 17.9 Å². The van der Waals surface area contributed by atoms with Crippen LogP contribution in [0.25, 0.3) is 0 Å². The van der Waals surface area contributed by atoms with Gasteiger partial charge in [-0.05, 0) is 34.6 Å². The van der Waals surface area contributed by atoms with E-state index in [1.807, 2.05) is 17.5 Å². The Kier molecular flexibility index (Phi) is 7.31. The predicted molar refractivity (Wildman–Crippen MR) is 89.8 cm³/mol. The first-order chi connectivity index (χ1) is 11.6. The van der Waals surface area contributed by atoms with Crippen molar-refractivity contribution < 1.29 is 14.8 Å². The minimum atomic E-state index is -1.29. The molecule has 2 aromatic rings. The van der Waals surface area contributed by atoms with Gasteiger partial charge in [0.1, 0.15) is 6.54 Å². The van der Waals surface area contributed by atoms with E-state index in [-0.39, 0.29) is 12.5 Å². The third-order valence-electron chi connectivity index (χ3n) is 3.45. The summed E-state index contributed by atoms with van der Waals surface area (Å²) in [4.78, 5) is 13.1. The first-order valence-corrected chi connectivity index (χ1v) is 8.61. The van der Waals surface area contributed by atoms with Crippen molar-refractivity contribution in [2.45, 2.75) is 44.7 Å². The number of carbonyl (C=O) groups is 1. The minimum absolute atomic E-state index is 0.0107. The van der Waals surface area contributed by atoms with E-state index in [4.69, 9.17) is 15.8 Å². The first kappa shape index (κ1) is 18.5. The zero-order valence-electron chi connectivity index (χ0n) is 13.2. The Morgan fingerprint density at radius 1 is 1.46 bits per heavy atom. The van der Waals surface area contributed by atoms with Crippen molar-refractivity contribution in [3.05, 3.63) is 28.2 Å². The van der Waals surface area contributed by atoms with Gasteiger partial charge in [0, 0.05) is 4.88 Å². The highest BCUT2D eigenvalue weighted by Crippen LogP contribution is 2.15. The van der Waals surface area contributed by atoms with Gasteiger partial charge in [0.05, 0.1) is 12.6 Å². The molecule has 0 aliphatic heterocycles. The summed E-state index contributed by atoms with van der Waals surface area (Å²) in [6.07, 6.45) is 2.27. The van der Waals surface area contributed by atoms with Gasteiger partial charge in [0.2, 0.25) is 5.91 Å². The number of tetrazole rings is 1. The van der Waals surface area contributed by atoms with E-state index in [1.54, 1.807) is 11.3 Å². The smallest absolute Gasteiger partial charge is 0.427 e. The number of thiophene rings is 1. The molecule has 2 heterocycles. The van der Waals surface area contributed by atoms with Crippen molar-refractivity contribution >= 4 is 24.4 Å². The fourth-order valence-corrected chi connectivity index (χ4v) is 2.85. The molecule has 0 saturated heterocycles. The highest BCUT2D eigenvalue weighted by Gasteiger charge is 2.17. The van der Waals surface area contributed by atoms with Crippen molar-refractivity contribution in [2.75, 3.05) is 0 Å². The molecule has 2 aromatic heterocycles. The Morgan fingerprint density at radius 3 is 3.00 bits per heavy atom. The molecule has 2 rings (SSSR count).